The van der Waals surface area contributed by atoms with Gasteiger partial charge >= 0.3 is 0 Å². The van der Waals surface area contributed by atoms with E-state index < -0.39 is 0 Å². The lowest BCUT2D eigenvalue weighted by atomic mass is 9.83. The molecule has 1 aromatic carbocycles. The van der Waals surface area contributed by atoms with Crippen molar-refractivity contribution < 1.29 is 0 Å². The lowest BCUT2D eigenvalue weighted by Crippen LogP contribution is -2.44. The molecule has 1 saturated heterocycles. The van der Waals surface area contributed by atoms with E-state index in [1.165, 1.54) is 30.5 Å². The van der Waals surface area contributed by atoms with E-state index in [4.69, 9.17) is 5.73 Å². The van der Waals surface area contributed by atoms with Crippen molar-refractivity contribution >= 4 is 0 Å². The van der Waals surface area contributed by atoms with Crippen LogP contribution in [-0.2, 0) is 6.42 Å². The second-order valence-corrected chi connectivity index (χ2v) is 6.58. The largest absolute Gasteiger partial charge is 0.329 e. The van der Waals surface area contributed by atoms with Gasteiger partial charge in [0, 0.05) is 19.1 Å². The molecule has 0 spiro atoms. The number of aryl methyl sites for hydroxylation is 1. The van der Waals surface area contributed by atoms with Gasteiger partial charge in [-0.15, -0.1) is 0 Å². The fourth-order valence-electron chi connectivity index (χ4n) is 3.21. The highest BCUT2D eigenvalue weighted by molar-refractivity contribution is 5.25. The molecule has 1 atom stereocenters. The predicted octanol–water partition coefficient (Wildman–Crippen LogP) is 3.37. The number of hydrogen-bond acceptors (Lipinski definition) is 2. The van der Waals surface area contributed by atoms with Crippen LogP contribution in [0.1, 0.15) is 50.8 Å². The van der Waals surface area contributed by atoms with Crippen LogP contribution < -0.4 is 5.73 Å². The molecule has 2 N–H and O–H groups in total. The van der Waals surface area contributed by atoms with Crippen molar-refractivity contribution in [2.75, 3.05) is 19.6 Å². The number of nitrogens with zero attached hydrogens (tertiary/aromatic N) is 1. The van der Waals surface area contributed by atoms with Crippen LogP contribution in [0.3, 0.4) is 0 Å². The van der Waals surface area contributed by atoms with Gasteiger partial charge in [-0.3, -0.25) is 4.90 Å². The van der Waals surface area contributed by atoms with Crippen LogP contribution in [0.15, 0.2) is 24.3 Å². The van der Waals surface area contributed by atoms with Gasteiger partial charge in [0.2, 0.25) is 0 Å². The van der Waals surface area contributed by atoms with Gasteiger partial charge in [-0.25, -0.2) is 0 Å². The zero-order valence-corrected chi connectivity index (χ0v) is 12.7. The summed E-state index contributed by atoms with van der Waals surface area (Å²) >= 11 is 0. The molecular formula is C17H28N2. The van der Waals surface area contributed by atoms with Gasteiger partial charge in [0.05, 0.1) is 0 Å². The molecule has 0 bridgehead atoms. The molecule has 0 aromatic heterocycles. The molecule has 1 heterocycles. The summed E-state index contributed by atoms with van der Waals surface area (Å²) < 4.78 is 0. The minimum Gasteiger partial charge on any atom is -0.329 e. The first-order valence-corrected chi connectivity index (χ1v) is 7.58. The van der Waals surface area contributed by atoms with E-state index in [2.05, 4.69) is 49.9 Å². The van der Waals surface area contributed by atoms with E-state index in [1.807, 2.05) is 0 Å². The van der Waals surface area contributed by atoms with E-state index >= 15 is 0 Å². The van der Waals surface area contributed by atoms with E-state index in [0.29, 0.717) is 18.0 Å². The van der Waals surface area contributed by atoms with Gasteiger partial charge < -0.3 is 5.73 Å². The first-order valence-electron chi connectivity index (χ1n) is 7.58. The molecule has 1 fully saturated rings. The summed E-state index contributed by atoms with van der Waals surface area (Å²) in [6, 6.07) is 9.39. The molecule has 19 heavy (non-hydrogen) atoms. The first kappa shape index (κ1) is 14.5. The number of nitrogens with two attached hydrogens (primary N) is 1. The maximum atomic E-state index is 6.05. The number of hydrogen-bond donors (Lipinski definition) is 1. The van der Waals surface area contributed by atoms with Crippen LogP contribution in [0.4, 0.5) is 0 Å². The van der Waals surface area contributed by atoms with E-state index in [-0.39, 0.29) is 0 Å². The molecule has 2 nitrogen and oxygen atoms in total. The third kappa shape index (κ3) is 3.58. The molecule has 0 aliphatic carbocycles. The fourth-order valence-corrected chi connectivity index (χ4v) is 3.21. The Morgan fingerprint density at radius 3 is 2.47 bits per heavy atom. The Balaban J connectivity index is 2.14. The SMILES string of the molecule is CCc1ccc(C(CN)N2CCCC(C)(C)C2)cc1. The molecule has 1 aliphatic heterocycles. The molecule has 0 radical (unpaired) electrons. The summed E-state index contributed by atoms with van der Waals surface area (Å²) in [6.45, 7) is 9.98. The second kappa shape index (κ2) is 6.06. The summed E-state index contributed by atoms with van der Waals surface area (Å²) in [5, 5.41) is 0. The smallest absolute Gasteiger partial charge is 0.0470 e. The van der Waals surface area contributed by atoms with Gasteiger partial charge in [-0.05, 0) is 42.3 Å². The van der Waals surface area contributed by atoms with Gasteiger partial charge in [0.1, 0.15) is 0 Å². The highest BCUT2D eigenvalue weighted by atomic mass is 15.2. The highest BCUT2D eigenvalue weighted by Crippen LogP contribution is 2.33. The number of piperidine rings is 1. The average molecular weight is 260 g/mol. The van der Waals surface area contributed by atoms with Crippen LogP contribution in [0.5, 0.6) is 0 Å². The summed E-state index contributed by atoms with van der Waals surface area (Å²) in [7, 11) is 0. The quantitative estimate of drug-likeness (QED) is 0.899. The third-order valence-corrected chi connectivity index (χ3v) is 4.37. The van der Waals surface area contributed by atoms with E-state index in [9.17, 15) is 0 Å². The van der Waals surface area contributed by atoms with Crippen molar-refractivity contribution in [2.45, 2.75) is 46.1 Å². The maximum Gasteiger partial charge on any atom is 0.0470 e. The number of rotatable bonds is 4. The summed E-state index contributed by atoms with van der Waals surface area (Å²) in [4.78, 5) is 2.57. The lowest BCUT2D eigenvalue weighted by molar-refractivity contribution is 0.0807. The third-order valence-electron chi connectivity index (χ3n) is 4.37. The molecule has 1 aliphatic rings. The Morgan fingerprint density at radius 1 is 1.26 bits per heavy atom. The van der Waals surface area contributed by atoms with E-state index in [0.717, 1.165) is 13.0 Å². The lowest BCUT2D eigenvalue weighted by Gasteiger charge is -2.42. The van der Waals surface area contributed by atoms with E-state index in [1.54, 1.807) is 0 Å². The topological polar surface area (TPSA) is 29.3 Å². The molecule has 0 saturated carbocycles. The molecule has 0 amide bonds. The molecule has 1 aromatic rings. The van der Waals surface area contributed by atoms with Crippen molar-refractivity contribution in [3.05, 3.63) is 35.4 Å². The minimum atomic E-state index is 0.380. The number of likely N-dealkylation sites (tertiary alicyclic amines) is 1. The normalized spacial score (nSPS) is 21.3. The maximum absolute atomic E-state index is 6.05. The van der Waals surface area contributed by atoms with Crippen LogP contribution >= 0.6 is 0 Å². The second-order valence-electron chi connectivity index (χ2n) is 6.58. The van der Waals surface area contributed by atoms with Crippen molar-refractivity contribution in [1.82, 2.24) is 4.90 Å². The van der Waals surface area contributed by atoms with Crippen molar-refractivity contribution in [2.24, 2.45) is 11.1 Å². The standard InChI is InChI=1S/C17H28N2/c1-4-14-6-8-15(9-7-14)16(12-18)19-11-5-10-17(2,3)13-19/h6-9,16H,4-5,10-13,18H2,1-3H3. The van der Waals surface area contributed by atoms with Crippen LogP contribution in [-0.4, -0.2) is 24.5 Å². The van der Waals surface area contributed by atoms with Crippen molar-refractivity contribution in [3.8, 4) is 0 Å². The summed E-state index contributed by atoms with van der Waals surface area (Å²) in [5.41, 5.74) is 9.25. The first-order chi connectivity index (χ1) is 9.05. The predicted molar refractivity (Wildman–Crippen MR) is 82.2 cm³/mol. The molecule has 2 heteroatoms. The Bertz CT molecular complexity index is 394. The fraction of sp³-hybridized carbons (Fsp3) is 0.647. The molecule has 1 unspecified atom stereocenters. The minimum absolute atomic E-state index is 0.380. The molecular weight excluding hydrogens is 232 g/mol. The van der Waals surface area contributed by atoms with Crippen LogP contribution in [0, 0.1) is 5.41 Å². The summed E-state index contributed by atoms with van der Waals surface area (Å²) in [5.74, 6) is 0. The van der Waals surface area contributed by atoms with Gasteiger partial charge in [0.15, 0.2) is 0 Å². The van der Waals surface area contributed by atoms with Crippen LogP contribution in [0.25, 0.3) is 0 Å². The zero-order valence-electron chi connectivity index (χ0n) is 12.7. The Morgan fingerprint density at radius 2 is 1.95 bits per heavy atom. The zero-order chi connectivity index (χ0) is 13.9. The Kier molecular flexibility index (Phi) is 4.64. The van der Waals surface area contributed by atoms with Crippen LogP contribution in [0.2, 0.25) is 0 Å². The van der Waals surface area contributed by atoms with Gasteiger partial charge in [-0.1, -0.05) is 45.0 Å². The average Bonchev–Trinajstić information content (AvgIpc) is 2.39. The number of benzene rings is 1. The summed E-state index contributed by atoms with van der Waals surface area (Å²) in [6.07, 6.45) is 3.72. The van der Waals surface area contributed by atoms with Gasteiger partial charge in [-0.2, -0.15) is 0 Å². The monoisotopic (exact) mass is 260 g/mol. The molecule has 106 valence electrons. The van der Waals surface area contributed by atoms with Crippen molar-refractivity contribution in [3.63, 3.8) is 0 Å². The van der Waals surface area contributed by atoms with Gasteiger partial charge in [0.25, 0.3) is 0 Å². The Hall–Kier alpha value is -0.860. The Labute approximate surface area is 118 Å². The molecule has 2 rings (SSSR count). The van der Waals surface area contributed by atoms with Crippen molar-refractivity contribution in [1.29, 1.82) is 0 Å². The highest BCUT2D eigenvalue weighted by Gasteiger charge is 2.30.